The van der Waals surface area contributed by atoms with Crippen molar-refractivity contribution >= 4 is 22.9 Å². The lowest BCUT2D eigenvalue weighted by molar-refractivity contribution is 0.282. The van der Waals surface area contributed by atoms with Crippen LogP contribution in [0.15, 0.2) is 18.2 Å². The predicted octanol–water partition coefficient (Wildman–Crippen LogP) is 1.47. The first-order valence-electron chi connectivity index (χ1n) is 3.82. The van der Waals surface area contributed by atoms with E-state index >= 15 is 0 Å². The Bertz CT molecular complexity index is 335. The third-order valence-corrected chi connectivity index (χ3v) is 2.23. The minimum absolute atomic E-state index is 0.0850. The second-order valence-electron chi connectivity index (χ2n) is 2.87. The monoisotopic (exact) mass is 179 g/mol. The molecule has 0 aromatic heterocycles. The van der Waals surface area contributed by atoms with Gasteiger partial charge in [-0.25, -0.2) is 0 Å². The molecule has 1 heterocycles. The van der Waals surface area contributed by atoms with E-state index < -0.39 is 0 Å². The molecule has 0 unspecified atom stereocenters. The number of hydrogen-bond acceptors (Lipinski definition) is 2. The summed E-state index contributed by atoms with van der Waals surface area (Å²) >= 11 is 5.03. The Morgan fingerprint density at radius 2 is 2.33 bits per heavy atom. The molecule has 0 amide bonds. The van der Waals surface area contributed by atoms with E-state index in [9.17, 15) is 0 Å². The lowest BCUT2D eigenvalue weighted by Crippen LogP contribution is -2.00. The summed E-state index contributed by atoms with van der Waals surface area (Å²) in [5.41, 5.74) is 3.19. The lowest BCUT2D eigenvalue weighted by Gasteiger charge is -2.00. The van der Waals surface area contributed by atoms with Crippen LogP contribution >= 0.6 is 12.2 Å². The zero-order valence-corrected chi connectivity index (χ0v) is 7.32. The van der Waals surface area contributed by atoms with E-state index in [2.05, 4.69) is 5.32 Å². The number of aliphatic hydroxyl groups is 1. The molecule has 0 atom stereocenters. The highest BCUT2D eigenvalue weighted by Crippen LogP contribution is 2.24. The molecule has 0 radical (unpaired) electrons. The number of nitrogens with one attached hydrogen (secondary N) is 1. The Balaban J connectivity index is 2.41. The molecule has 0 fully saturated rings. The molecule has 0 aliphatic carbocycles. The average molecular weight is 179 g/mol. The van der Waals surface area contributed by atoms with E-state index in [1.54, 1.807) is 0 Å². The van der Waals surface area contributed by atoms with Gasteiger partial charge in [-0.15, -0.1) is 0 Å². The Kier molecular flexibility index (Phi) is 1.83. The van der Waals surface area contributed by atoms with E-state index in [-0.39, 0.29) is 6.61 Å². The summed E-state index contributed by atoms with van der Waals surface area (Å²) in [6.45, 7) is 0.0850. The number of anilines is 1. The maximum absolute atomic E-state index is 8.87. The van der Waals surface area contributed by atoms with Crippen molar-refractivity contribution in [1.82, 2.24) is 0 Å². The standard InChI is InChI=1S/C9H9NOS/c11-5-6-1-2-7-4-9(12)10-8(7)3-6/h1-3,11H,4-5H2,(H,10,12). The number of fused-ring (bicyclic) bond motifs is 1. The Hall–Kier alpha value is -0.930. The molecule has 2 nitrogen and oxygen atoms in total. The Morgan fingerprint density at radius 3 is 3.08 bits per heavy atom. The molecule has 3 heteroatoms. The molecule has 0 saturated heterocycles. The second kappa shape index (κ2) is 2.84. The van der Waals surface area contributed by atoms with Gasteiger partial charge in [-0.1, -0.05) is 24.4 Å². The largest absolute Gasteiger partial charge is 0.392 e. The third-order valence-electron chi connectivity index (χ3n) is 1.98. The van der Waals surface area contributed by atoms with Crippen LogP contribution in [-0.2, 0) is 13.0 Å². The van der Waals surface area contributed by atoms with E-state index in [0.717, 1.165) is 22.7 Å². The van der Waals surface area contributed by atoms with Crippen LogP contribution in [0, 0.1) is 0 Å². The molecule has 2 N–H and O–H groups in total. The maximum atomic E-state index is 8.87. The van der Waals surface area contributed by atoms with Crippen LogP contribution < -0.4 is 5.32 Å². The van der Waals surface area contributed by atoms with Crippen LogP contribution in [0.25, 0.3) is 0 Å². The fourth-order valence-electron chi connectivity index (χ4n) is 1.36. The molecule has 0 spiro atoms. The first kappa shape index (κ1) is 7.71. The fraction of sp³-hybridized carbons (Fsp3) is 0.222. The number of benzene rings is 1. The van der Waals surface area contributed by atoms with Crippen LogP contribution in [0.3, 0.4) is 0 Å². The zero-order chi connectivity index (χ0) is 8.55. The van der Waals surface area contributed by atoms with Gasteiger partial charge < -0.3 is 10.4 Å². The molecule has 1 aromatic rings. The lowest BCUT2D eigenvalue weighted by atomic mass is 10.1. The van der Waals surface area contributed by atoms with Crippen molar-refractivity contribution < 1.29 is 5.11 Å². The Morgan fingerprint density at radius 1 is 1.50 bits per heavy atom. The summed E-state index contributed by atoms with van der Waals surface area (Å²) in [6.07, 6.45) is 0.830. The molecule has 0 saturated carbocycles. The van der Waals surface area contributed by atoms with Crippen molar-refractivity contribution in [3.8, 4) is 0 Å². The van der Waals surface area contributed by atoms with Gasteiger partial charge in [0.2, 0.25) is 0 Å². The van der Waals surface area contributed by atoms with Gasteiger partial charge in [-0.2, -0.15) is 0 Å². The number of rotatable bonds is 1. The molecular weight excluding hydrogens is 170 g/mol. The molecule has 1 aliphatic rings. The van der Waals surface area contributed by atoms with Gasteiger partial charge in [0, 0.05) is 12.1 Å². The highest BCUT2D eigenvalue weighted by molar-refractivity contribution is 7.80. The quantitative estimate of drug-likeness (QED) is 0.640. The van der Waals surface area contributed by atoms with Gasteiger partial charge in [0.1, 0.15) is 0 Å². The van der Waals surface area contributed by atoms with Gasteiger partial charge in [-0.3, -0.25) is 0 Å². The molecule has 12 heavy (non-hydrogen) atoms. The fourth-order valence-corrected chi connectivity index (χ4v) is 1.63. The molecule has 1 aromatic carbocycles. The molecule has 62 valence electrons. The smallest absolute Gasteiger partial charge is 0.0842 e. The SMILES string of the molecule is OCc1ccc2c(c1)NC(=S)C2. The summed E-state index contributed by atoms with van der Waals surface area (Å²) in [7, 11) is 0. The summed E-state index contributed by atoms with van der Waals surface area (Å²) in [5, 5.41) is 12.0. The van der Waals surface area contributed by atoms with Crippen molar-refractivity contribution in [3.63, 3.8) is 0 Å². The number of thiocarbonyl (C=S) groups is 1. The average Bonchev–Trinajstić information content (AvgIpc) is 2.43. The van der Waals surface area contributed by atoms with Crippen molar-refractivity contribution in [3.05, 3.63) is 29.3 Å². The molecule has 0 bridgehead atoms. The van der Waals surface area contributed by atoms with Crippen LogP contribution in [0.4, 0.5) is 5.69 Å². The van der Waals surface area contributed by atoms with Gasteiger partial charge in [0.15, 0.2) is 0 Å². The third kappa shape index (κ3) is 1.21. The summed E-state index contributed by atoms with van der Waals surface area (Å²) in [5.74, 6) is 0. The molecule has 2 rings (SSSR count). The Labute approximate surface area is 76.2 Å². The summed E-state index contributed by atoms with van der Waals surface area (Å²) in [4.78, 5) is 0.861. The molecule has 1 aliphatic heterocycles. The highest BCUT2D eigenvalue weighted by atomic mass is 32.1. The molecular formula is C9H9NOS. The van der Waals surface area contributed by atoms with Gasteiger partial charge in [0.05, 0.1) is 11.6 Å². The van der Waals surface area contributed by atoms with Crippen molar-refractivity contribution in [2.75, 3.05) is 5.32 Å². The van der Waals surface area contributed by atoms with Gasteiger partial charge in [-0.05, 0) is 17.2 Å². The summed E-state index contributed by atoms with van der Waals surface area (Å²) < 4.78 is 0. The number of aliphatic hydroxyl groups excluding tert-OH is 1. The van der Waals surface area contributed by atoms with Crippen LogP contribution in [0.2, 0.25) is 0 Å². The van der Waals surface area contributed by atoms with Crippen molar-refractivity contribution in [2.45, 2.75) is 13.0 Å². The number of hydrogen-bond donors (Lipinski definition) is 2. The van der Waals surface area contributed by atoms with E-state index in [0.29, 0.717) is 0 Å². The summed E-state index contributed by atoms with van der Waals surface area (Å²) in [6, 6.07) is 5.87. The highest BCUT2D eigenvalue weighted by Gasteiger charge is 2.13. The van der Waals surface area contributed by atoms with E-state index in [4.69, 9.17) is 17.3 Å². The predicted molar refractivity (Wildman–Crippen MR) is 52.3 cm³/mol. The second-order valence-corrected chi connectivity index (χ2v) is 3.37. The maximum Gasteiger partial charge on any atom is 0.0842 e. The minimum atomic E-state index is 0.0850. The normalized spacial score (nSPS) is 14.2. The van der Waals surface area contributed by atoms with Crippen molar-refractivity contribution in [1.29, 1.82) is 0 Å². The van der Waals surface area contributed by atoms with Crippen LogP contribution in [0.1, 0.15) is 11.1 Å². The van der Waals surface area contributed by atoms with Gasteiger partial charge >= 0.3 is 0 Å². The van der Waals surface area contributed by atoms with Gasteiger partial charge in [0.25, 0.3) is 0 Å². The minimum Gasteiger partial charge on any atom is -0.392 e. The first-order valence-corrected chi connectivity index (χ1v) is 4.23. The topological polar surface area (TPSA) is 32.3 Å². The zero-order valence-electron chi connectivity index (χ0n) is 6.50. The van der Waals surface area contributed by atoms with Crippen molar-refractivity contribution in [2.24, 2.45) is 0 Å². The van der Waals surface area contributed by atoms with Crippen LogP contribution in [-0.4, -0.2) is 10.1 Å². The van der Waals surface area contributed by atoms with Crippen LogP contribution in [0.5, 0.6) is 0 Å². The first-order chi connectivity index (χ1) is 5.79. The van der Waals surface area contributed by atoms with E-state index in [1.165, 1.54) is 5.56 Å². The van der Waals surface area contributed by atoms with E-state index in [1.807, 2.05) is 18.2 Å².